The lowest BCUT2D eigenvalue weighted by Crippen LogP contribution is -2.02. The van der Waals surface area contributed by atoms with Gasteiger partial charge >= 0.3 is 5.97 Å². The predicted molar refractivity (Wildman–Crippen MR) is 65.3 cm³/mol. The van der Waals surface area contributed by atoms with E-state index in [9.17, 15) is 4.79 Å². The average Bonchev–Trinajstić information content (AvgIpc) is 2.71. The fourth-order valence-corrected chi connectivity index (χ4v) is 1.59. The Morgan fingerprint density at radius 1 is 1.35 bits per heavy atom. The Morgan fingerprint density at radius 3 is 2.59 bits per heavy atom. The summed E-state index contributed by atoms with van der Waals surface area (Å²) in [4.78, 5) is 15.4. The van der Waals surface area contributed by atoms with E-state index in [2.05, 4.69) is 22.3 Å². The summed E-state index contributed by atoms with van der Waals surface area (Å²) in [6, 6.07) is 7.62. The van der Waals surface area contributed by atoms with Gasteiger partial charge in [0, 0.05) is 5.56 Å². The van der Waals surface area contributed by atoms with Gasteiger partial charge in [-0.2, -0.15) is 0 Å². The highest BCUT2D eigenvalue weighted by atomic mass is 32.1. The fraction of sp³-hybridized carbons (Fsp3) is 0.167. The van der Waals surface area contributed by atoms with Crippen molar-refractivity contribution in [1.29, 1.82) is 0 Å². The van der Waals surface area contributed by atoms with Gasteiger partial charge in [0.25, 0.3) is 0 Å². The zero-order valence-electron chi connectivity index (χ0n) is 9.43. The molecule has 1 aromatic heterocycles. The molecule has 1 aromatic carbocycles. The van der Waals surface area contributed by atoms with E-state index in [4.69, 9.17) is 4.42 Å². The maximum atomic E-state index is 11.3. The Bertz CT molecular complexity index is 545. The number of methoxy groups -OCH3 is 1. The van der Waals surface area contributed by atoms with Crippen molar-refractivity contribution in [3.05, 3.63) is 35.5 Å². The summed E-state index contributed by atoms with van der Waals surface area (Å²) in [5.74, 6) is -0.201. The second-order valence-electron chi connectivity index (χ2n) is 3.53. The summed E-state index contributed by atoms with van der Waals surface area (Å²) < 4.78 is 9.89. The van der Waals surface area contributed by atoms with Crippen LogP contribution in [0.4, 0.5) is 0 Å². The van der Waals surface area contributed by atoms with Crippen molar-refractivity contribution in [2.45, 2.75) is 12.0 Å². The summed E-state index contributed by atoms with van der Waals surface area (Å²) in [6.45, 7) is 1.99. The molecule has 2 aromatic rings. The second-order valence-corrected chi connectivity index (χ2v) is 3.94. The summed E-state index contributed by atoms with van der Waals surface area (Å²) in [7, 11) is 1.29. The van der Waals surface area contributed by atoms with Gasteiger partial charge in [-0.05, 0) is 19.1 Å². The van der Waals surface area contributed by atoms with Gasteiger partial charge in [0.2, 0.25) is 11.6 Å². The number of ether oxygens (including phenoxy) is 1. The van der Waals surface area contributed by atoms with Crippen molar-refractivity contribution >= 4 is 18.6 Å². The van der Waals surface area contributed by atoms with Crippen LogP contribution in [0, 0.1) is 6.92 Å². The normalized spacial score (nSPS) is 10.3. The predicted octanol–water partition coefficient (Wildman–Crippen LogP) is 2.73. The number of aryl methyl sites for hydroxylation is 1. The van der Waals surface area contributed by atoms with E-state index >= 15 is 0 Å². The summed E-state index contributed by atoms with van der Waals surface area (Å²) in [5, 5.41) is 0.160. The zero-order chi connectivity index (χ0) is 12.4. The topological polar surface area (TPSA) is 52.3 Å². The molecular formula is C12H11NO3S. The summed E-state index contributed by atoms with van der Waals surface area (Å²) in [5.41, 5.74) is 2.02. The van der Waals surface area contributed by atoms with Gasteiger partial charge in [0.15, 0.2) is 5.09 Å². The number of oxazole rings is 1. The Labute approximate surface area is 104 Å². The molecule has 0 aliphatic carbocycles. The van der Waals surface area contributed by atoms with E-state index in [1.54, 1.807) is 0 Å². The fourth-order valence-electron chi connectivity index (χ4n) is 1.36. The molecule has 0 radical (unpaired) electrons. The minimum atomic E-state index is -0.558. The average molecular weight is 249 g/mol. The molecule has 0 atom stereocenters. The molecule has 0 bridgehead atoms. The third-order valence-electron chi connectivity index (χ3n) is 2.29. The SMILES string of the molecule is COC(=O)c1nc(-c2ccc(C)cc2)oc1S. The van der Waals surface area contributed by atoms with Crippen molar-refractivity contribution in [3.63, 3.8) is 0 Å². The van der Waals surface area contributed by atoms with Crippen molar-refractivity contribution in [3.8, 4) is 11.5 Å². The Morgan fingerprint density at radius 2 is 2.00 bits per heavy atom. The maximum absolute atomic E-state index is 11.3. The van der Waals surface area contributed by atoms with E-state index in [1.165, 1.54) is 7.11 Å². The Hall–Kier alpha value is -1.75. The molecule has 0 spiro atoms. The molecule has 4 nitrogen and oxygen atoms in total. The highest BCUT2D eigenvalue weighted by molar-refractivity contribution is 7.80. The third kappa shape index (κ3) is 2.34. The van der Waals surface area contributed by atoms with Crippen LogP contribution >= 0.6 is 12.6 Å². The van der Waals surface area contributed by atoms with E-state index in [1.807, 2.05) is 31.2 Å². The quantitative estimate of drug-likeness (QED) is 0.656. The number of esters is 1. The number of thiol groups is 1. The molecule has 88 valence electrons. The van der Waals surface area contributed by atoms with Crippen LogP contribution < -0.4 is 0 Å². The van der Waals surface area contributed by atoms with Crippen LogP contribution in [-0.4, -0.2) is 18.1 Å². The van der Waals surface area contributed by atoms with Crippen molar-refractivity contribution < 1.29 is 13.9 Å². The highest BCUT2D eigenvalue weighted by Gasteiger charge is 2.18. The largest absolute Gasteiger partial charge is 0.464 e. The van der Waals surface area contributed by atoms with Gasteiger partial charge in [0.05, 0.1) is 7.11 Å². The standard InChI is InChI=1S/C12H11NO3S/c1-7-3-5-8(6-4-7)10-13-9(11(14)15-2)12(17)16-10/h3-6,17H,1-2H3. The second kappa shape index (κ2) is 4.63. The van der Waals surface area contributed by atoms with Gasteiger partial charge < -0.3 is 9.15 Å². The molecule has 0 aliphatic rings. The molecular weight excluding hydrogens is 238 g/mol. The van der Waals surface area contributed by atoms with E-state index < -0.39 is 5.97 Å². The molecule has 17 heavy (non-hydrogen) atoms. The molecule has 2 rings (SSSR count). The first-order chi connectivity index (χ1) is 8.11. The van der Waals surface area contributed by atoms with Crippen molar-refractivity contribution in [2.75, 3.05) is 7.11 Å². The van der Waals surface area contributed by atoms with Crippen LogP contribution in [0.3, 0.4) is 0 Å². The first-order valence-corrected chi connectivity index (χ1v) is 5.41. The minimum Gasteiger partial charge on any atom is -0.464 e. The lowest BCUT2D eigenvalue weighted by molar-refractivity contribution is 0.0588. The number of carbonyl (C=O) groups excluding carboxylic acids is 1. The molecule has 1 heterocycles. The smallest absolute Gasteiger partial charge is 0.361 e. The molecule has 0 N–H and O–H groups in total. The maximum Gasteiger partial charge on any atom is 0.361 e. The first kappa shape index (κ1) is 11.7. The molecule has 0 unspecified atom stereocenters. The third-order valence-corrected chi connectivity index (χ3v) is 2.59. The van der Waals surface area contributed by atoms with Gasteiger partial charge in [-0.25, -0.2) is 9.78 Å². The Balaban J connectivity index is 2.41. The number of hydrogen-bond donors (Lipinski definition) is 1. The van der Waals surface area contributed by atoms with E-state index in [0.717, 1.165) is 11.1 Å². The molecule has 0 fully saturated rings. The van der Waals surface area contributed by atoms with Crippen LogP contribution in [0.1, 0.15) is 16.1 Å². The number of nitrogens with zero attached hydrogens (tertiary/aromatic N) is 1. The Kier molecular flexibility index (Phi) is 3.19. The molecule has 0 saturated heterocycles. The van der Waals surface area contributed by atoms with Crippen LogP contribution in [0.5, 0.6) is 0 Å². The monoisotopic (exact) mass is 249 g/mol. The van der Waals surface area contributed by atoms with Crippen molar-refractivity contribution in [2.24, 2.45) is 0 Å². The van der Waals surface area contributed by atoms with Gasteiger partial charge in [-0.15, -0.1) is 12.6 Å². The lowest BCUT2D eigenvalue weighted by Gasteiger charge is -1.95. The van der Waals surface area contributed by atoms with Crippen LogP contribution in [0.2, 0.25) is 0 Å². The van der Waals surface area contributed by atoms with Gasteiger partial charge in [0.1, 0.15) is 0 Å². The molecule has 0 amide bonds. The molecule has 0 aliphatic heterocycles. The van der Waals surface area contributed by atoms with Crippen LogP contribution in [-0.2, 0) is 4.74 Å². The summed E-state index contributed by atoms with van der Waals surface area (Å²) in [6.07, 6.45) is 0. The molecule has 0 saturated carbocycles. The van der Waals surface area contributed by atoms with Crippen LogP contribution in [0.25, 0.3) is 11.5 Å². The van der Waals surface area contributed by atoms with Crippen molar-refractivity contribution in [1.82, 2.24) is 4.98 Å². The van der Waals surface area contributed by atoms with E-state index in [0.29, 0.717) is 5.89 Å². The van der Waals surface area contributed by atoms with E-state index in [-0.39, 0.29) is 10.8 Å². The number of aromatic nitrogens is 1. The number of benzene rings is 1. The molecule has 5 heteroatoms. The van der Waals surface area contributed by atoms with Gasteiger partial charge in [-0.1, -0.05) is 17.7 Å². The van der Waals surface area contributed by atoms with Crippen LogP contribution in [0.15, 0.2) is 33.8 Å². The number of rotatable bonds is 2. The number of hydrogen-bond acceptors (Lipinski definition) is 5. The summed E-state index contributed by atoms with van der Waals surface area (Å²) >= 11 is 4.05. The first-order valence-electron chi connectivity index (χ1n) is 4.97. The van der Waals surface area contributed by atoms with Gasteiger partial charge in [-0.3, -0.25) is 0 Å². The lowest BCUT2D eigenvalue weighted by atomic mass is 10.1. The minimum absolute atomic E-state index is 0.0893. The zero-order valence-corrected chi connectivity index (χ0v) is 10.3. The highest BCUT2D eigenvalue weighted by Crippen LogP contribution is 2.24. The number of carbonyl (C=O) groups is 1.